The van der Waals surface area contributed by atoms with Gasteiger partial charge in [-0.1, -0.05) is 6.92 Å². The van der Waals surface area contributed by atoms with Crippen LogP contribution >= 0.6 is 0 Å². The highest BCUT2D eigenvalue weighted by Crippen LogP contribution is 2.41. The van der Waals surface area contributed by atoms with E-state index in [4.69, 9.17) is 14.3 Å². The van der Waals surface area contributed by atoms with Crippen LogP contribution in [-0.2, 0) is 0 Å². The molecule has 110 valence electrons. The lowest BCUT2D eigenvalue weighted by Gasteiger charge is -2.34. The van der Waals surface area contributed by atoms with Gasteiger partial charge in [0.2, 0.25) is 5.76 Å². The van der Waals surface area contributed by atoms with Crippen LogP contribution in [0.25, 0.3) is 11.0 Å². The van der Waals surface area contributed by atoms with Gasteiger partial charge >= 0.3 is 5.97 Å². The number of carboxylic acids is 1. The van der Waals surface area contributed by atoms with Crippen LogP contribution in [0.15, 0.2) is 16.5 Å². The lowest BCUT2D eigenvalue weighted by atomic mass is 9.87. The maximum Gasteiger partial charge on any atom is 0.372 e. The van der Waals surface area contributed by atoms with Crippen molar-refractivity contribution >= 4 is 22.7 Å². The number of aryl methyl sites for hydroxylation is 1. The second-order valence-electron chi connectivity index (χ2n) is 5.68. The fraction of sp³-hybridized carbons (Fsp3) is 0.375. The molecule has 0 saturated carbocycles. The molecule has 0 amide bonds. The first-order valence-electron chi connectivity index (χ1n) is 6.88. The van der Waals surface area contributed by atoms with Gasteiger partial charge in [0.1, 0.15) is 16.9 Å². The van der Waals surface area contributed by atoms with Crippen LogP contribution in [0.4, 0.5) is 0 Å². The fourth-order valence-corrected chi connectivity index (χ4v) is 2.81. The van der Waals surface area contributed by atoms with Gasteiger partial charge in [-0.2, -0.15) is 0 Å². The Morgan fingerprint density at radius 3 is 2.76 bits per heavy atom. The second-order valence-corrected chi connectivity index (χ2v) is 5.68. The smallest absolute Gasteiger partial charge is 0.372 e. The highest BCUT2D eigenvalue weighted by atomic mass is 16.5. The Hall–Kier alpha value is -2.30. The molecule has 1 aliphatic heterocycles. The zero-order valence-electron chi connectivity index (χ0n) is 12.1. The molecule has 3 rings (SSSR count). The molecule has 0 radical (unpaired) electrons. The Labute approximate surface area is 121 Å². The van der Waals surface area contributed by atoms with Gasteiger partial charge in [0.25, 0.3) is 0 Å². The maximum absolute atomic E-state index is 12.5. The Bertz CT molecular complexity index is 771. The molecule has 0 spiro atoms. The average Bonchev–Trinajstić information content (AvgIpc) is 2.76. The van der Waals surface area contributed by atoms with Crippen molar-refractivity contribution in [2.45, 2.75) is 39.2 Å². The number of rotatable bonds is 2. The zero-order chi connectivity index (χ0) is 15.4. The SMILES string of the molecule is CCC1(C)CC(=O)c2c(ccc3oc(C(=O)O)c(C)c23)O1. The number of furan rings is 1. The normalized spacial score (nSPS) is 21.2. The molecule has 1 aromatic heterocycles. The molecule has 0 aliphatic carbocycles. The van der Waals surface area contributed by atoms with Crippen LogP contribution in [0.2, 0.25) is 0 Å². The van der Waals surface area contributed by atoms with Gasteiger partial charge in [0.05, 0.1) is 12.0 Å². The van der Waals surface area contributed by atoms with Crippen molar-refractivity contribution in [3.05, 3.63) is 29.0 Å². The number of carbonyl (C=O) groups excluding carboxylic acids is 1. The largest absolute Gasteiger partial charge is 0.486 e. The zero-order valence-corrected chi connectivity index (χ0v) is 12.1. The lowest BCUT2D eigenvalue weighted by Crippen LogP contribution is -2.38. The van der Waals surface area contributed by atoms with E-state index in [-0.39, 0.29) is 18.0 Å². The van der Waals surface area contributed by atoms with E-state index in [1.807, 2.05) is 13.8 Å². The first kappa shape index (κ1) is 13.7. The number of carboxylic acid groups (broad SMARTS) is 1. The molecule has 2 heterocycles. The number of benzene rings is 1. The second kappa shape index (κ2) is 4.35. The third-order valence-corrected chi connectivity index (χ3v) is 4.17. The van der Waals surface area contributed by atoms with Crippen LogP contribution in [0.1, 0.15) is 53.2 Å². The molecule has 0 saturated heterocycles. The predicted octanol–water partition coefficient (Wildman–Crippen LogP) is 3.57. The van der Waals surface area contributed by atoms with Crippen LogP contribution in [0.3, 0.4) is 0 Å². The van der Waals surface area contributed by atoms with E-state index in [0.717, 1.165) is 6.42 Å². The molecule has 2 aromatic rings. The number of fused-ring (bicyclic) bond motifs is 3. The summed E-state index contributed by atoms with van der Waals surface area (Å²) in [6, 6.07) is 3.33. The van der Waals surface area contributed by atoms with Crippen LogP contribution in [0, 0.1) is 6.92 Å². The van der Waals surface area contributed by atoms with Crippen LogP contribution < -0.4 is 4.74 Å². The van der Waals surface area contributed by atoms with E-state index in [2.05, 4.69) is 0 Å². The minimum Gasteiger partial charge on any atom is -0.486 e. The van der Waals surface area contributed by atoms with Crippen LogP contribution in [0.5, 0.6) is 5.75 Å². The lowest BCUT2D eigenvalue weighted by molar-refractivity contribution is 0.0502. The molecule has 5 heteroatoms. The Morgan fingerprint density at radius 2 is 2.14 bits per heavy atom. The highest BCUT2D eigenvalue weighted by Gasteiger charge is 2.37. The third-order valence-electron chi connectivity index (χ3n) is 4.17. The van der Waals surface area contributed by atoms with Crippen molar-refractivity contribution in [2.75, 3.05) is 0 Å². The van der Waals surface area contributed by atoms with E-state index < -0.39 is 11.6 Å². The highest BCUT2D eigenvalue weighted by molar-refractivity contribution is 6.13. The van der Waals surface area contributed by atoms with Crippen molar-refractivity contribution in [1.82, 2.24) is 0 Å². The van der Waals surface area contributed by atoms with Crippen molar-refractivity contribution in [3.8, 4) is 5.75 Å². The Balaban J connectivity index is 2.29. The molecule has 0 fully saturated rings. The average molecular weight is 288 g/mol. The quantitative estimate of drug-likeness (QED) is 0.914. The van der Waals surface area contributed by atoms with Crippen molar-refractivity contribution in [1.29, 1.82) is 0 Å². The number of hydrogen-bond donors (Lipinski definition) is 1. The monoisotopic (exact) mass is 288 g/mol. The third kappa shape index (κ3) is 1.92. The van der Waals surface area contributed by atoms with Gasteiger partial charge in [0, 0.05) is 10.9 Å². The molecular weight excluding hydrogens is 272 g/mol. The van der Waals surface area contributed by atoms with E-state index >= 15 is 0 Å². The molecule has 1 atom stereocenters. The molecule has 5 nitrogen and oxygen atoms in total. The van der Waals surface area contributed by atoms with Gasteiger partial charge < -0.3 is 14.3 Å². The van der Waals surface area contributed by atoms with Gasteiger partial charge in [-0.25, -0.2) is 4.79 Å². The summed E-state index contributed by atoms with van der Waals surface area (Å²) in [4.78, 5) is 23.7. The molecular formula is C16H16O5. The van der Waals surface area contributed by atoms with Crippen molar-refractivity contribution in [2.24, 2.45) is 0 Å². The summed E-state index contributed by atoms with van der Waals surface area (Å²) in [5.41, 5.74) is 0.796. The molecule has 21 heavy (non-hydrogen) atoms. The van der Waals surface area contributed by atoms with Gasteiger partial charge in [0.15, 0.2) is 5.78 Å². The summed E-state index contributed by atoms with van der Waals surface area (Å²) >= 11 is 0. The summed E-state index contributed by atoms with van der Waals surface area (Å²) in [7, 11) is 0. The van der Waals surface area contributed by atoms with E-state index in [9.17, 15) is 9.59 Å². The number of carbonyl (C=O) groups is 2. The number of ketones is 1. The summed E-state index contributed by atoms with van der Waals surface area (Å²) in [5.74, 6) is -0.800. The number of Topliss-reactive ketones (excluding diaryl/α,β-unsaturated/α-hetero) is 1. The Kier molecular flexibility index (Phi) is 2.83. The molecule has 1 N–H and O–H groups in total. The predicted molar refractivity (Wildman–Crippen MR) is 76.2 cm³/mol. The summed E-state index contributed by atoms with van der Waals surface area (Å²) in [6.45, 7) is 5.53. The summed E-state index contributed by atoms with van der Waals surface area (Å²) in [5, 5.41) is 9.70. The summed E-state index contributed by atoms with van der Waals surface area (Å²) < 4.78 is 11.3. The topological polar surface area (TPSA) is 76.7 Å². The minimum atomic E-state index is -1.14. The molecule has 1 aromatic carbocycles. The fourth-order valence-electron chi connectivity index (χ4n) is 2.81. The van der Waals surface area contributed by atoms with E-state index in [0.29, 0.717) is 27.8 Å². The number of aromatic carboxylic acids is 1. The minimum absolute atomic E-state index is 0.0351. The first-order valence-corrected chi connectivity index (χ1v) is 6.88. The maximum atomic E-state index is 12.5. The van der Waals surface area contributed by atoms with Gasteiger partial charge in [-0.3, -0.25) is 4.79 Å². The number of ether oxygens (including phenoxy) is 1. The van der Waals surface area contributed by atoms with Gasteiger partial charge in [-0.15, -0.1) is 0 Å². The van der Waals surface area contributed by atoms with Crippen molar-refractivity contribution < 1.29 is 23.8 Å². The number of hydrogen-bond acceptors (Lipinski definition) is 4. The van der Waals surface area contributed by atoms with Crippen molar-refractivity contribution in [3.63, 3.8) is 0 Å². The van der Waals surface area contributed by atoms with E-state index in [1.165, 1.54) is 0 Å². The first-order chi connectivity index (χ1) is 9.86. The van der Waals surface area contributed by atoms with Crippen LogP contribution in [-0.4, -0.2) is 22.5 Å². The van der Waals surface area contributed by atoms with Gasteiger partial charge in [-0.05, 0) is 32.4 Å². The molecule has 0 bridgehead atoms. The molecule has 1 unspecified atom stereocenters. The van der Waals surface area contributed by atoms with E-state index in [1.54, 1.807) is 19.1 Å². The standard InChI is InChI=1S/C16H16O5/c1-4-16(3)7-9(17)13-11(21-16)6-5-10-12(13)8(2)14(20-10)15(18)19/h5-6H,4,7H2,1-3H3,(H,18,19). The molecule has 1 aliphatic rings. The summed E-state index contributed by atoms with van der Waals surface area (Å²) in [6.07, 6.45) is 1.00. The Morgan fingerprint density at radius 1 is 1.43 bits per heavy atom.